The maximum absolute atomic E-state index is 12.8. The molecule has 11 heteroatoms. The Balaban J connectivity index is 1.66. The smallest absolute Gasteiger partial charge is 0.332 e. The molecule has 11 nitrogen and oxygen atoms in total. The fourth-order valence-electron chi connectivity index (χ4n) is 3.51. The van der Waals surface area contributed by atoms with Gasteiger partial charge < -0.3 is 15.0 Å². The van der Waals surface area contributed by atoms with Gasteiger partial charge in [0.15, 0.2) is 12.4 Å². The monoisotopic (exact) mass is 497 g/mol. The molecule has 0 saturated carbocycles. The summed E-state index contributed by atoms with van der Waals surface area (Å²) in [5, 5.41) is 3.93. The van der Waals surface area contributed by atoms with Gasteiger partial charge in [-0.25, -0.2) is 4.79 Å². The quantitative estimate of drug-likeness (QED) is 0.328. The molecule has 192 valence electrons. The molecule has 0 fully saturated rings. The molecule has 0 radical (unpaired) electrons. The molecule has 3 aromatic rings. The van der Waals surface area contributed by atoms with E-state index in [1.165, 1.54) is 4.57 Å². The van der Waals surface area contributed by atoms with Gasteiger partial charge >= 0.3 is 11.7 Å². The largest absolute Gasteiger partial charge is 0.457 e. The van der Waals surface area contributed by atoms with E-state index in [2.05, 4.69) is 10.1 Å². The van der Waals surface area contributed by atoms with Crippen LogP contribution in [0.3, 0.4) is 0 Å². The number of rotatable bonds is 10. The van der Waals surface area contributed by atoms with E-state index in [4.69, 9.17) is 15.0 Å². The maximum atomic E-state index is 12.8. The number of hydrogen-bond acceptors (Lipinski definition) is 9. The van der Waals surface area contributed by atoms with Gasteiger partial charge in [-0.2, -0.15) is 4.98 Å². The molecule has 0 amide bonds. The third kappa shape index (κ3) is 6.15. The minimum Gasteiger partial charge on any atom is -0.457 e. The topological polar surface area (TPSA) is 152 Å². The first-order valence-electron chi connectivity index (χ1n) is 11.7. The molecular formula is C25H31N5O6. The summed E-state index contributed by atoms with van der Waals surface area (Å²) in [5.74, 6) is -0.662. The number of Topliss-reactive ketones (excluding diaryl/α,β-unsaturated/α-hetero) is 1. The summed E-state index contributed by atoms with van der Waals surface area (Å²) < 4.78 is 12.4. The number of aromatic nitrogens is 4. The summed E-state index contributed by atoms with van der Waals surface area (Å²) in [6, 6.07) is 9.04. The highest BCUT2D eigenvalue weighted by Gasteiger charge is 2.24. The van der Waals surface area contributed by atoms with Crippen LogP contribution in [0.2, 0.25) is 0 Å². The molecule has 0 aliphatic rings. The molecule has 1 aromatic carbocycles. The number of esters is 1. The average Bonchev–Trinajstić information content (AvgIpc) is 3.31. The third-order valence-corrected chi connectivity index (χ3v) is 5.52. The van der Waals surface area contributed by atoms with Crippen molar-refractivity contribution in [3.63, 3.8) is 0 Å². The van der Waals surface area contributed by atoms with Crippen molar-refractivity contribution < 1.29 is 18.8 Å². The molecule has 0 aliphatic heterocycles. The van der Waals surface area contributed by atoms with Gasteiger partial charge in [0.25, 0.3) is 5.56 Å². The van der Waals surface area contributed by atoms with Gasteiger partial charge in [-0.3, -0.25) is 23.5 Å². The van der Waals surface area contributed by atoms with Gasteiger partial charge in [-0.15, -0.1) is 0 Å². The molecule has 0 unspecified atom stereocenters. The van der Waals surface area contributed by atoms with Crippen LogP contribution in [-0.4, -0.2) is 37.6 Å². The number of carbonyl (C=O) groups excluding carboxylic acids is 2. The molecule has 2 aromatic heterocycles. The Bertz CT molecular complexity index is 1350. The number of ketones is 1. The van der Waals surface area contributed by atoms with E-state index in [-0.39, 0.29) is 36.3 Å². The fraction of sp³-hybridized carbons (Fsp3) is 0.440. The van der Waals surface area contributed by atoms with Crippen molar-refractivity contribution in [1.29, 1.82) is 0 Å². The van der Waals surface area contributed by atoms with E-state index in [1.807, 2.05) is 26.8 Å². The second-order valence-corrected chi connectivity index (χ2v) is 9.36. The molecule has 36 heavy (non-hydrogen) atoms. The summed E-state index contributed by atoms with van der Waals surface area (Å²) in [6.45, 7) is 6.98. The number of carbonyl (C=O) groups is 2. The zero-order valence-corrected chi connectivity index (χ0v) is 20.9. The highest BCUT2D eigenvalue weighted by molar-refractivity contribution is 6.01. The summed E-state index contributed by atoms with van der Waals surface area (Å²) in [5.41, 5.74) is 4.83. The maximum Gasteiger partial charge on any atom is 0.332 e. The van der Waals surface area contributed by atoms with Gasteiger partial charge in [-0.1, -0.05) is 56.3 Å². The first-order valence-corrected chi connectivity index (χ1v) is 11.7. The zero-order valence-electron chi connectivity index (χ0n) is 20.9. The predicted molar refractivity (Wildman–Crippen MR) is 132 cm³/mol. The number of aryl methyl sites for hydroxylation is 1. The summed E-state index contributed by atoms with van der Waals surface area (Å²) in [6.07, 6.45) is 0.777. The number of nitrogens with two attached hydrogens (primary N) is 1. The first kappa shape index (κ1) is 26.6. The van der Waals surface area contributed by atoms with Crippen LogP contribution in [0.5, 0.6) is 0 Å². The zero-order chi connectivity index (χ0) is 26.5. The van der Waals surface area contributed by atoms with Gasteiger partial charge in [0.2, 0.25) is 11.7 Å². The standard InChI is InChI=1S/C25H31N5O6/c1-5-29-22(33)20(21(26)30(24(29)34)14-16-10-7-6-8-11-16)17(31)15-35-19(32)13-9-12-18-27-23(28-36-18)25(2,3)4/h6-8,10-11H,5,9,12-15,26H2,1-4H3. The summed E-state index contributed by atoms with van der Waals surface area (Å²) in [4.78, 5) is 55.0. The lowest BCUT2D eigenvalue weighted by molar-refractivity contribution is -0.142. The lowest BCUT2D eigenvalue weighted by atomic mass is 9.96. The second kappa shape index (κ2) is 11.1. The lowest BCUT2D eigenvalue weighted by Gasteiger charge is -2.15. The van der Waals surface area contributed by atoms with Crippen LogP contribution in [0.4, 0.5) is 5.82 Å². The van der Waals surface area contributed by atoms with Crippen molar-refractivity contribution in [2.75, 3.05) is 12.3 Å². The molecule has 0 spiro atoms. The Morgan fingerprint density at radius 1 is 1.11 bits per heavy atom. The molecule has 0 saturated heterocycles. The Kier molecular flexibility index (Phi) is 8.23. The van der Waals surface area contributed by atoms with Gasteiger partial charge in [0, 0.05) is 24.8 Å². The van der Waals surface area contributed by atoms with E-state index in [0.29, 0.717) is 24.6 Å². The number of ether oxygens (including phenoxy) is 1. The van der Waals surface area contributed by atoms with Gasteiger partial charge in [0.1, 0.15) is 11.4 Å². The average molecular weight is 498 g/mol. The van der Waals surface area contributed by atoms with Crippen molar-refractivity contribution in [3.8, 4) is 0 Å². The van der Waals surface area contributed by atoms with Crippen LogP contribution < -0.4 is 17.0 Å². The number of anilines is 1. The van der Waals surface area contributed by atoms with Crippen LogP contribution >= 0.6 is 0 Å². The minimum absolute atomic E-state index is 0.0166. The fourth-order valence-corrected chi connectivity index (χ4v) is 3.51. The van der Waals surface area contributed by atoms with E-state index in [0.717, 1.165) is 10.1 Å². The van der Waals surface area contributed by atoms with Crippen molar-refractivity contribution in [1.82, 2.24) is 19.3 Å². The highest BCUT2D eigenvalue weighted by atomic mass is 16.5. The molecular weight excluding hydrogens is 466 g/mol. The number of hydrogen-bond donors (Lipinski definition) is 1. The highest BCUT2D eigenvalue weighted by Crippen LogP contribution is 2.19. The van der Waals surface area contributed by atoms with Gasteiger partial charge in [0.05, 0.1) is 6.54 Å². The normalized spacial score (nSPS) is 11.4. The van der Waals surface area contributed by atoms with Crippen LogP contribution in [-0.2, 0) is 34.5 Å². The van der Waals surface area contributed by atoms with E-state index in [9.17, 15) is 19.2 Å². The molecule has 0 bridgehead atoms. The van der Waals surface area contributed by atoms with E-state index < -0.39 is 29.6 Å². The van der Waals surface area contributed by atoms with Crippen LogP contribution in [0, 0.1) is 0 Å². The van der Waals surface area contributed by atoms with Gasteiger partial charge in [-0.05, 0) is 18.9 Å². The Labute approximate surface area is 207 Å². The van der Waals surface area contributed by atoms with Crippen LogP contribution in [0.1, 0.15) is 68.2 Å². The Hall–Kier alpha value is -4.02. The van der Waals surface area contributed by atoms with Crippen molar-refractivity contribution in [2.45, 2.75) is 65.5 Å². The second-order valence-electron chi connectivity index (χ2n) is 9.36. The van der Waals surface area contributed by atoms with E-state index in [1.54, 1.807) is 31.2 Å². The number of nitrogens with zero attached hydrogens (tertiary/aromatic N) is 4. The van der Waals surface area contributed by atoms with Crippen molar-refractivity contribution in [2.24, 2.45) is 0 Å². The molecule has 2 N–H and O–H groups in total. The Morgan fingerprint density at radius 2 is 1.81 bits per heavy atom. The van der Waals surface area contributed by atoms with Crippen LogP contribution in [0.25, 0.3) is 0 Å². The summed E-state index contributed by atoms with van der Waals surface area (Å²) in [7, 11) is 0. The van der Waals surface area contributed by atoms with E-state index >= 15 is 0 Å². The summed E-state index contributed by atoms with van der Waals surface area (Å²) >= 11 is 0. The molecule has 0 aliphatic carbocycles. The Morgan fingerprint density at radius 3 is 2.42 bits per heavy atom. The third-order valence-electron chi connectivity index (χ3n) is 5.52. The first-order chi connectivity index (χ1) is 17.0. The predicted octanol–water partition coefficient (Wildman–Crippen LogP) is 2.09. The number of nitrogen functional groups attached to an aromatic ring is 1. The number of benzene rings is 1. The van der Waals surface area contributed by atoms with Crippen molar-refractivity contribution in [3.05, 3.63) is 74.0 Å². The molecule has 3 rings (SSSR count). The SMILES string of the molecule is CCn1c(=O)c(C(=O)COC(=O)CCCc2nc(C(C)(C)C)no2)c(N)n(Cc2ccccc2)c1=O. The molecule has 0 atom stereocenters. The van der Waals surface area contributed by atoms with Crippen LogP contribution in [0.15, 0.2) is 44.4 Å². The molecule has 2 heterocycles. The van der Waals surface area contributed by atoms with Crippen molar-refractivity contribution >= 4 is 17.6 Å². The minimum atomic E-state index is -0.809. The lowest BCUT2D eigenvalue weighted by Crippen LogP contribution is -2.44.